The van der Waals surface area contributed by atoms with Crippen LogP contribution in [-0.4, -0.2) is 30.4 Å². The lowest BCUT2D eigenvalue weighted by molar-refractivity contribution is -0.128. The first-order valence-corrected chi connectivity index (χ1v) is 6.90. The highest BCUT2D eigenvalue weighted by atomic mass is 16.1. The van der Waals surface area contributed by atoms with Gasteiger partial charge < -0.3 is 10.6 Å². The maximum absolute atomic E-state index is 11.7. The van der Waals surface area contributed by atoms with E-state index < -0.39 is 0 Å². The summed E-state index contributed by atoms with van der Waals surface area (Å²) < 4.78 is 0. The van der Waals surface area contributed by atoms with E-state index in [0.29, 0.717) is 0 Å². The summed E-state index contributed by atoms with van der Waals surface area (Å²) in [7, 11) is 0. The second kappa shape index (κ2) is 5.67. The molecule has 1 heterocycles. The van der Waals surface area contributed by atoms with Crippen LogP contribution in [0.5, 0.6) is 0 Å². The monoisotopic (exact) mass is 236 g/mol. The van der Waals surface area contributed by atoms with E-state index in [1.54, 1.807) is 0 Å². The maximum Gasteiger partial charge on any atom is 0.224 e. The SMILES string of the molecule is NC(=O)C1(CCN2CCCCC2)CC=CCC1. The molecule has 0 aromatic rings. The number of piperidine rings is 1. The number of rotatable bonds is 4. The van der Waals surface area contributed by atoms with Crippen molar-refractivity contribution in [1.29, 1.82) is 0 Å². The van der Waals surface area contributed by atoms with E-state index in [4.69, 9.17) is 5.73 Å². The fourth-order valence-electron chi connectivity index (χ4n) is 3.02. The zero-order valence-corrected chi connectivity index (χ0v) is 10.7. The van der Waals surface area contributed by atoms with Crippen molar-refractivity contribution in [3.05, 3.63) is 12.2 Å². The van der Waals surface area contributed by atoms with Gasteiger partial charge in [-0.15, -0.1) is 0 Å². The van der Waals surface area contributed by atoms with Crippen LogP contribution in [0.25, 0.3) is 0 Å². The fourth-order valence-corrected chi connectivity index (χ4v) is 3.02. The summed E-state index contributed by atoms with van der Waals surface area (Å²) in [6, 6.07) is 0. The summed E-state index contributed by atoms with van der Waals surface area (Å²) in [6.07, 6.45) is 12.0. The van der Waals surface area contributed by atoms with Gasteiger partial charge in [0.1, 0.15) is 0 Å². The Balaban J connectivity index is 1.89. The van der Waals surface area contributed by atoms with Gasteiger partial charge in [-0.2, -0.15) is 0 Å². The van der Waals surface area contributed by atoms with Gasteiger partial charge in [0, 0.05) is 0 Å². The molecule has 1 amide bonds. The van der Waals surface area contributed by atoms with Gasteiger partial charge in [-0.25, -0.2) is 0 Å². The van der Waals surface area contributed by atoms with Crippen molar-refractivity contribution in [2.45, 2.75) is 44.9 Å². The Morgan fingerprint density at radius 2 is 2.00 bits per heavy atom. The van der Waals surface area contributed by atoms with E-state index >= 15 is 0 Å². The van der Waals surface area contributed by atoms with Crippen LogP contribution in [0.3, 0.4) is 0 Å². The first-order valence-electron chi connectivity index (χ1n) is 6.90. The van der Waals surface area contributed by atoms with Crippen LogP contribution in [0.2, 0.25) is 0 Å². The van der Waals surface area contributed by atoms with Gasteiger partial charge in [-0.05, 0) is 58.2 Å². The molecule has 0 spiro atoms. The van der Waals surface area contributed by atoms with Gasteiger partial charge in [0.15, 0.2) is 0 Å². The number of primary amides is 1. The van der Waals surface area contributed by atoms with Gasteiger partial charge in [-0.3, -0.25) is 4.79 Å². The summed E-state index contributed by atoms with van der Waals surface area (Å²) in [5.41, 5.74) is 5.37. The summed E-state index contributed by atoms with van der Waals surface area (Å²) >= 11 is 0. The quantitative estimate of drug-likeness (QED) is 0.760. The van der Waals surface area contributed by atoms with E-state index in [1.807, 2.05) is 0 Å². The third-order valence-corrected chi connectivity index (χ3v) is 4.34. The van der Waals surface area contributed by atoms with Crippen LogP contribution in [0.1, 0.15) is 44.9 Å². The largest absolute Gasteiger partial charge is 0.369 e. The predicted molar refractivity (Wildman–Crippen MR) is 69.5 cm³/mol. The fraction of sp³-hybridized carbons (Fsp3) is 0.786. The highest BCUT2D eigenvalue weighted by Gasteiger charge is 2.36. The van der Waals surface area contributed by atoms with Crippen molar-refractivity contribution in [2.24, 2.45) is 11.1 Å². The molecular weight excluding hydrogens is 212 g/mol. The number of nitrogens with two attached hydrogens (primary N) is 1. The summed E-state index contributed by atoms with van der Waals surface area (Å²) in [6.45, 7) is 3.44. The van der Waals surface area contributed by atoms with Crippen LogP contribution in [0, 0.1) is 5.41 Å². The molecule has 3 nitrogen and oxygen atoms in total. The first-order chi connectivity index (χ1) is 8.23. The molecular formula is C14H24N2O. The Morgan fingerprint density at radius 1 is 1.24 bits per heavy atom. The molecule has 0 radical (unpaired) electrons. The van der Waals surface area contributed by atoms with E-state index in [-0.39, 0.29) is 11.3 Å². The first kappa shape index (κ1) is 12.6. The predicted octanol–water partition coefficient (Wildman–Crippen LogP) is 2.07. The summed E-state index contributed by atoms with van der Waals surface area (Å²) in [5.74, 6) is -0.0983. The molecule has 0 aromatic heterocycles. The highest BCUT2D eigenvalue weighted by Crippen LogP contribution is 2.36. The molecule has 3 heteroatoms. The van der Waals surface area contributed by atoms with E-state index in [9.17, 15) is 4.79 Å². The molecule has 0 bridgehead atoms. The normalized spacial score (nSPS) is 30.4. The standard InChI is InChI=1S/C14H24N2O/c15-13(17)14(7-3-1-4-8-14)9-12-16-10-5-2-6-11-16/h1,3H,2,4-12H2,(H2,15,17). The van der Waals surface area contributed by atoms with Crippen molar-refractivity contribution >= 4 is 5.91 Å². The average Bonchev–Trinajstić information content (AvgIpc) is 2.38. The third kappa shape index (κ3) is 3.09. The minimum Gasteiger partial charge on any atom is -0.369 e. The number of allylic oxidation sites excluding steroid dienone is 2. The number of carbonyl (C=O) groups excluding carboxylic acids is 1. The van der Waals surface area contributed by atoms with Crippen LogP contribution in [0.4, 0.5) is 0 Å². The third-order valence-electron chi connectivity index (χ3n) is 4.34. The van der Waals surface area contributed by atoms with Crippen molar-refractivity contribution in [1.82, 2.24) is 4.90 Å². The minimum absolute atomic E-state index is 0.0983. The molecule has 1 fully saturated rings. The van der Waals surface area contributed by atoms with Crippen LogP contribution >= 0.6 is 0 Å². The number of carbonyl (C=O) groups is 1. The lowest BCUT2D eigenvalue weighted by Gasteiger charge is -2.35. The van der Waals surface area contributed by atoms with Gasteiger partial charge in [-0.1, -0.05) is 18.6 Å². The zero-order valence-electron chi connectivity index (χ0n) is 10.7. The Morgan fingerprint density at radius 3 is 2.59 bits per heavy atom. The van der Waals surface area contributed by atoms with E-state index in [1.165, 1.54) is 32.4 Å². The smallest absolute Gasteiger partial charge is 0.224 e. The number of likely N-dealkylation sites (tertiary alicyclic amines) is 1. The lowest BCUT2D eigenvalue weighted by Crippen LogP contribution is -2.41. The van der Waals surface area contributed by atoms with Gasteiger partial charge in [0.2, 0.25) is 5.91 Å². The van der Waals surface area contributed by atoms with Crippen LogP contribution in [-0.2, 0) is 4.79 Å². The maximum atomic E-state index is 11.7. The van der Waals surface area contributed by atoms with Crippen molar-refractivity contribution in [2.75, 3.05) is 19.6 Å². The topological polar surface area (TPSA) is 46.3 Å². The molecule has 1 unspecified atom stereocenters. The summed E-state index contributed by atoms with van der Waals surface area (Å²) in [4.78, 5) is 14.2. The van der Waals surface area contributed by atoms with Gasteiger partial charge >= 0.3 is 0 Å². The van der Waals surface area contributed by atoms with E-state index in [0.717, 1.165) is 32.2 Å². The molecule has 1 aliphatic carbocycles. The number of nitrogens with zero attached hydrogens (tertiary/aromatic N) is 1. The lowest BCUT2D eigenvalue weighted by atomic mass is 9.73. The zero-order chi connectivity index (χ0) is 12.1. The van der Waals surface area contributed by atoms with Crippen molar-refractivity contribution in [3.63, 3.8) is 0 Å². The van der Waals surface area contributed by atoms with Crippen LogP contribution in [0.15, 0.2) is 12.2 Å². The van der Waals surface area contributed by atoms with Crippen molar-refractivity contribution in [3.8, 4) is 0 Å². The second-order valence-corrected chi connectivity index (χ2v) is 5.51. The number of hydrogen-bond acceptors (Lipinski definition) is 2. The molecule has 1 atom stereocenters. The molecule has 2 rings (SSSR count). The Labute approximate surface area is 104 Å². The molecule has 2 N–H and O–H groups in total. The Kier molecular flexibility index (Phi) is 4.21. The minimum atomic E-state index is -0.258. The Hall–Kier alpha value is -0.830. The number of amides is 1. The Bertz CT molecular complexity index is 295. The number of hydrogen-bond donors (Lipinski definition) is 1. The van der Waals surface area contributed by atoms with Gasteiger partial charge in [0.25, 0.3) is 0 Å². The molecule has 2 aliphatic rings. The second-order valence-electron chi connectivity index (χ2n) is 5.51. The summed E-state index contributed by atoms with van der Waals surface area (Å²) in [5, 5.41) is 0. The molecule has 96 valence electrons. The van der Waals surface area contributed by atoms with E-state index in [2.05, 4.69) is 17.1 Å². The van der Waals surface area contributed by atoms with Crippen molar-refractivity contribution < 1.29 is 4.79 Å². The molecule has 0 aromatic carbocycles. The van der Waals surface area contributed by atoms with Crippen LogP contribution < -0.4 is 5.73 Å². The molecule has 1 saturated heterocycles. The highest BCUT2D eigenvalue weighted by molar-refractivity contribution is 5.81. The van der Waals surface area contributed by atoms with Gasteiger partial charge in [0.05, 0.1) is 5.41 Å². The molecule has 0 saturated carbocycles. The molecule has 1 aliphatic heterocycles. The average molecular weight is 236 g/mol. The molecule has 17 heavy (non-hydrogen) atoms.